The minimum absolute atomic E-state index is 0.0330. The van der Waals surface area contributed by atoms with E-state index >= 15 is 0 Å². The van der Waals surface area contributed by atoms with Crippen LogP contribution in [0.2, 0.25) is 0 Å². The zero-order valence-electron chi connectivity index (χ0n) is 12.8. The Balaban J connectivity index is 2.28. The Kier molecular flexibility index (Phi) is 6.05. The fourth-order valence-electron chi connectivity index (χ4n) is 2.02. The molecule has 1 aliphatic heterocycles. The Morgan fingerprint density at radius 2 is 2.16 bits per heavy atom. The van der Waals surface area contributed by atoms with E-state index in [1.54, 1.807) is 12.1 Å². The molecule has 0 atom stereocenters. The minimum Gasteiger partial charge on any atom is -0.481 e. The highest BCUT2D eigenvalue weighted by molar-refractivity contribution is 9.10. The number of aliphatic carboxylic acids is 1. The number of benzene rings is 1. The molecule has 2 rings (SSSR count). The molecule has 2 N–H and O–H groups in total. The average molecular weight is 425 g/mol. The summed E-state index contributed by atoms with van der Waals surface area (Å²) in [6.45, 7) is 3.26. The molecule has 7 nitrogen and oxygen atoms in total. The maximum Gasteiger partial charge on any atom is 0.341 e. The van der Waals surface area contributed by atoms with Crippen LogP contribution in [0.4, 0.5) is 0 Å². The van der Waals surface area contributed by atoms with Crippen molar-refractivity contribution in [3.05, 3.63) is 46.5 Å². The highest BCUT2D eigenvalue weighted by Gasteiger charge is 2.32. The lowest BCUT2D eigenvalue weighted by atomic mass is 10.1. The monoisotopic (exact) mass is 424 g/mol. The topological polar surface area (TPSA) is 95.9 Å². The molecular weight excluding hydrogens is 412 g/mol. The first-order chi connectivity index (χ1) is 11.8. The Hall–Kier alpha value is -2.52. The van der Waals surface area contributed by atoms with Crippen LogP contribution < -0.4 is 10.1 Å². The number of thiocarbonyl (C=S) groups is 1. The molecule has 0 unspecified atom stereocenters. The number of carbonyl (C=O) groups excluding carboxylic acids is 2. The van der Waals surface area contributed by atoms with Gasteiger partial charge in [-0.15, -0.1) is 6.58 Å². The number of carboxylic acids is 1. The molecule has 130 valence electrons. The molecule has 0 aromatic heterocycles. The summed E-state index contributed by atoms with van der Waals surface area (Å²) < 4.78 is 5.59. The number of amides is 2. The zero-order valence-corrected chi connectivity index (χ0v) is 15.2. The van der Waals surface area contributed by atoms with Crippen molar-refractivity contribution in [3.63, 3.8) is 0 Å². The van der Waals surface area contributed by atoms with Crippen LogP contribution in [-0.2, 0) is 14.4 Å². The summed E-state index contributed by atoms with van der Waals surface area (Å²) in [6, 6.07) is 4.74. The van der Waals surface area contributed by atoms with Gasteiger partial charge in [-0.2, -0.15) is 0 Å². The molecular formula is C16H13BrN2O5S. The molecule has 0 radical (unpaired) electrons. The second kappa shape index (κ2) is 8.04. The normalized spacial score (nSPS) is 16.0. The molecule has 1 fully saturated rings. The van der Waals surface area contributed by atoms with E-state index < -0.39 is 24.4 Å². The van der Waals surface area contributed by atoms with Crippen molar-refractivity contribution in [2.24, 2.45) is 0 Å². The van der Waals surface area contributed by atoms with Gasteiger partial charge in [0, 0.05) is 6.54 Å². The third kappa shape index (κ3) is 4.52. The molecule has 0 saturated carbocycles. The summed E-state index contributed by atoms with van der Waals surface area (Å²) in [6.07, 6.45) is 2.92. The number of rotatable bonds is 6. The predicted molar refractivity (Wildman–Crippen MR) is 97.9 cm³/mol. The van der Waals surface area contributed by atoms with Gasteiger partial charge in [-0.05, 0) is 51.9 Å². The van der Waals surface area contributed by atoms with Crippen LogP contribution >= 0.6 is 28.1 Å². The molecule has 2 amide bonds. The number of halogens is 1. The summed E-state index contributed by atoms with van der Waals surface area (Å²) in [4.78, 5) is 36.3. The molecule has 1 aliphatic rings. The van der Waals surface area contributed by atoms with Gasteiger partial charge in [0.1, 0.15) is 11.3 Å². The van der Waals surface area contributed by atoms with Gasteiger partial charge in [0.05, 0.1) is 4.47 Å². The van der Waals surface area contributed by atoms with Gasteiger partial charge in [0.2, 0.25) is 0 Å². The lowest BCUT2D eigenvalue weighted by Gasteiger charge is -2.27. The first kappa shape index (κ1) is 18.8. The average Bonchev–Trinajstić information content (AvgIpc) is 2.54. The second-order valence-corrected chi connectivity index (χ2v) is 6.14. The van der Waals surface area contributed by atoms with Crippen molar-refractivity contribution >= 4 is 57.1 Å². The van der Waals surface area contributed by atoms with Crippen molar-refractivity contribution in [1.29, 1.82) is 0 Å². The molecule has 1 heterocycles. The van der Waals surface area contributed by atoms with Gasteiger partial charge in [-0.1, -0.05) is 12.1 Å². The van der Waals surface area contributed by atoms with Crippen LogP contribution in [0.15, 0.2) is 40.9 Å². The standard InChI is InChI=1S/C16H13BrN2O5S/c1-2-5-19-15(23)10(14(22)18-16(19)25)6-9-3-4-12(11(17)7-9)24-8-13(20)21/h2-4,6-7H,1,5,8H2,(H,20,21)(H,18,22,25). The molecule has 0 bridgehead atoms. The maximum atomic E-state index is 12.4. The predicted octanol–water partition coefficient (Wildman–Crippen LogP) is 1.73. The smallest absolute Gasteiger partial charge is 0.341 e. The summed E-state index contributed by atoms with van der Waals surface area (Å²) >= 11 is 8.24. The Bertz CT molecular complexity index is 806. The third-order valence-corrected chi connectivity index (χ3v) is 4.06. The summed E-state index contributed by atoms with van der Waals surface area (Å²) in [5, 5.41) is 11.1. The van der Waals surface area contributed by atoms with Gasteiger partial charge in [-0.3, -0.25) is 19.8 Å². The maximum absolute atomic E-state index is 12.4. The Morgan fingerprint density at radius 3 is 2.76 bits per heavy atom. The number of carboxylic acid groups (broad SMARTS) is 1. The quantitative estimate of drug-likeness (QED) is 0.312. The lowest BCUT2D eigenvalue weighted by molar-refractivity contribution is -0.139. The van der Waals surface area contributed by atoms with E-state index in [0.29, 0.717) is 15.8 Å². The molecule has 1 saturated heterocycles. The summed E-state index contributed by atoms with van der Waals surface area (Å²) in [7, 11) is 0. The fourth-order valence-corrected chi connectivity index (χ4v) is 2.78. The Morgan fingerprint density at radius 1 is 1.44 bits per heavy atom. The minimum atomic E-state index is -1.10. The Labute approximate surface area is 157 Å². The SMILES string of the molecule is C=CCN1C(=O)C(=Cc2ccc(OCC(=O)O)c(Br)c2)C(=O)NC1=S. The van der Waals surface area contributed by atoms with E-state index in [9.17, 15) is 14.4 Å². The highest BCUT2D eigenvalue weighted by Crippen LogP contribution is 2.27. The van der Waals surface area contributed by atoms with Gasteiger partial charge in [0.15, 0.2) is 11.7 Å². The van der Waals surface area contributed by atoms with E-state index in [4.69, 9.17) is 22.1 Å². The van der Waals surface area contributed by atoms with E-state index in [0.717, 1.165) is 0 Å². The van der Waals surface area contributed by atoms with Crippen molar-refractivity contribution in [2.45, 2.75) is 0 Å². The van der Waals surface area contributed by atoms with Crippen molar-refractivity contribution in [3.8, 4) is 5.75 Å². The molecule has 1 aromatic carbocycles. The molecule has 9 heteroatoms. The van der Waals surface area contributed by atoms with E-state index in [2.05, 4.69) is 27.8 Å². The van der Waals surface area contributed by atoms with Crippen molar-refractivity contribution < 1.29 is 24.2 Å². The van der Waals surface area contributed by atoms with E-state index in [1.807, 2.05) is 0 Å². The molecule has 0 aliphatic carbocycles. The highest BCUT2D eigenvalue weighted by atomic mass is 79.9. The summed E-state index contributed by atoms with van der Waals surface area (Å²) in [5.74, 6) is -1.87. The zero-order chi connectivity index (χ0) is 18.6. The van der Waals surface area contributed by atoms with Gasteiger partial charge >= 0.3 is 5.97 Å². The number of hydrogen-bond acceptors (Lipinski definition) is 5. The van der Waals surface area contributed by atoms with Gasteiger partial charge in [0.25, 0.3) is 11.8 Å². The van der Waals surface area contributed by atoms with E-state index in [-0.39, 0.29) is 17.2 Å². The van der Waals surface area contributed by atoms with Crippen molar-refractivity contribution in [2.75, 3.05) is 13.2 Å². The van der Waals surface area contributed by atoms with Crippen LogP contribution in [0, 0.1) is 0 Å². The molecule has 0 spiro atoms. The largest absolute Gasteiger partial charge is 0.481 e. The first-order valence-corrected chi connectivity index (χ1v) is 8.17. The number of ether oxygens (including phenoxy) is 1. The third-order valence-electron chi connectivity index (χ3n) is 3.12. The number of nitrogens with one attached hydrogen (secondary N) is 1. The lowest BCUT2D eigenvalue weighted by Crippen LogP contribution is -2.53. The summed E-state index contributed by atoms with van der Waals surface area (Å²) in [5.41, 5.74) is 0.487. The number of nitrogens with zero attached hydrogens (tertiary/aromatic N) is 1. The second-order valence-electron chi connectivity index (χ2n) is 4.89. The van der Waals surface area contributed by atoms with Gasteiger partial charge < -0.3 is 9.84 Å². The van der Waals surface area contributed by atoms with Crippen molar-refractivity contribution in [1.82, 2.24) is 10.2 Å². The first-order valence-electron chi connectivity index (χ1n) is 6.97. The van der Waals surface area contributed by atoms with Crippen LogP contribution in [0.3, 0.4) is 0 Å². The fraction of sp³-hybridized carbons (Fsp3) is 0.125. The van der Waals surface area contributed by atoms with Crippen LogP contribution in [0.1, 0.15) is 5.56 Å². The van der Waals surface area contributed by atoms with E-state index in [1.165, 1.54) is 23.1 Å². The molecule has 1 aromatic rings. The van der Waals surface area contributed by atoms with Gasteiger partial charge in [-0.25, -0.2) is 4.79 Å². The van der Waals surface area contributed by atoms with Crippen LogP contribution in [0.5, 0.6) is 5.75 Å². The number of hydrogen-bond donors (Lipinski definition) is 2. The number of carbonyl (C=O) groups is 3. The molecule has 25 heavy (non-hydrogen) atoms. The van der Waals surface area contributed by atoms with Crippen LogP contribution in [-0.4, -0.2) is 46.1 Å². The van der Waals surface area contributed by atoms with Crippen LogP contribution in [0.25, 0.3) is 6.08 Å².